The number of nitrogens with one attached hydrogen (secondary N) is 1. The lowest BCUT2D eigenvalue weighted by molar-refractivity contribution is 0.0940. The van der Waals surface area contributed by atoms with Crippen LogP contribution >= 0.6 is 27.5 Å². The van der Waals surface area contributed by atoms with E-state index in [1.807, 2.05) is 55.5 Å². The van der Waals surface area contributed by atoms with Gasteiger partial charge in [0.25, 0.3) is 5.91 Å². The van der Waals surface area contributed by atoms with E-state index < -0.39 is 0 Å². The van der Waals surface area contributed by atoms with Gasteiger partial charge in [0, 0.05) is 15.9 Å². The molecule has 2 nitrogen and oxygen atoms in total. The first-order valence-electron chi connectivity index (χ1n) is 6.32. The van der Waals surface area contributed by atoms with Crippen LogP contribution in [0.4, 0.5) is 0 Å². The maximum absolute atomic E-state index is 12.2. The van der Waals surface area contributed by atoms with Crippen LogP contribution in [-0.2, 0) is 5.33 Å². The maximum Gasteiger partial charge on any atom is 0.251 e. The zero-order valence-electron chi connectivity index (χ0n) is 11.1. The third-order valence-electron chi connectivity index (χ3n) is 3.09. The molecule has 0 heterocycles. The highest BCUT2D eigenvalue weighted by Gasteiger charge is 2.13. The molecule has 20 heavy (non-hydrogen) atoms. The number of amides is 1. The molecule has 1 atom stereocenters. The minimum absolute atomic E-state index is 0.0986. The number of alkyl halides is 1. The van der Waals surface area contributed by atoms with Gasteiger partial charge in [-0.1, -0.05) is 57.9 Å². The van der Waals surface area contributed by atoms with Crippen molar-refractivity contribution in [3.8, 4) is 0 Å². The lowest BCUT2D eigenvalue weighted by atomic mass is 10.1. The minimum atomic E-state index is -0.132. The van der Waals surface area contributed by atoms with Gasteiger partial charge in [-0.3, -0.25) is 4.79 Å². The van der Waals surface area contributed by atoms with Crippen molar-refractivity contribution in [2.75, 3.05) is 0 Å². The van der Waals surface area contributed by atoms with E-state index in [2.05, 4.69) is 21.2 Å². The van der Waals surface area contributed by atoms with Crippen molar-refractivity contribution < 1.29 is 4.79 Å². The van der Waals surface area contributed by atoms with Crippen LogP contribution in [0.5, 0.6) is 0 Å². The van der Waals surface area contributed by atoms with E-state index in [-0.39, 0.29) is 11.9 Å². The summed E-state index contributed by atoms with van der Waals surface area (Å²) in [4.78, 5) is 12.2. The molecule has 104 valence electrons. The summed E-state index contributed by atoms with van der Waals surface area (Å²) in [6.45, 7) is 1.92. The Morgan fingerprint density at radius 3 is 2.45 bits per heavy atom. The average molecular weight is 353 g/mol. The van der Waals surface area contributed by atoms with E-state index in [1.54, 1.807) is 0 Å². The molecule has 0 aliphatic rings. The third-order valence-corrected chi connectivity index (χ3v) is 4.08. The van der Waals surface area contributed by atoms with Crippen molar-refractivity contribution in [1.82, 2.24) is 5.32 Å². The molecule has 0 fully saturated rings. The average Bonchev–Trinajstić information content (AvgIpc) is 2.47. The lowest BCUT2D eigenvalue weighted by Gasteiger charge is -2.15. The summed E-state index contributed by atoms with van der Waals surface area (Å²) in [5, 5.41) is 4.40. The van der Waals surface area contributed by atoms with E-state index in [4.69, 9.17) is 11.6 Å². The fourth-order valence-electron chi connectivity index (χ4n) is 1.93. The molecule has 2 rings (SSSR count). The predicted molar refractivity (Wildman–Crippen MR) is 86.4 cm³/mol. The zero-order valence-corrected chi connectivity index (χ0v) is 13.4. The van der Waals surface area contributed by atoms with Crippen LogP contribution < -0.4 is 5.32 Å². The second-order valence-corrected chi connectivity index (χ2v) is 5.52. The Hall–Kier alpha value is -1.32. The number of halogens is 2. The Kier molecular flexibility index (Phi) is 5.21. The third kappa shape index (κ3) is 3.62. The van der Waals surface area contributed by atoms with Gasteiger partial charge in [-0.2, -0.15) is 0 Å². The fraction of sp³-hybridized carbons (Fsp3) is 0.188. The normalized spacial score (nSPS) is 11.9. The van der Waals surface area contributed by atoms with Crippen molar-refractivity contribution in [3.63, 3.8) is 0 Å². The highest BCUT2D eigenvalue weighted by atomic mass is 79.9. The highest BCUT2D eigenvalue weighted by Crippen LogP contribution is 2.22. The summed E-state index contributed by atoms with van der Waals surface area (Å²) in [5.41, 5.74) is 2.70. The number of rotatable bonds is 4. The van der Waals surface area contributed by atoms with Crippen LogP contribution in [-0.4, -0.2) is 5.91 Å². The summed E-state index contributed by atoms with van der Waals surface area (Å²) < 4.78 is 0. The van der Waals surface area contributed by atoms with Crippen LogP contribution in [0.2, 0.25) is 5.02 Å². The Bertz CT molecular complexity index is 598. The molecule has 0 aliphatic carbocycles. The standard InChI is InChI=1S/C16H15BrClNO/c1-11(14-4-2-3-5-15(14)18)19-16(20)13-8-6-12(10-17)7-9-13/h2-9,11H,10H2,1H3,(H,19,20). The molecular weight excluding hydrogens is 338 g/mol. The fourth-order valence-corrected chi connectivity index (χ4v) is 2.60. The minimum Gasteiger partial charge on any atom is -0.345 e. The SMILES string of the molecule is CC(NC(=O)c1ccc(CBr)cc1)c1ccccc1Cl. The van der Waals surface area contributed by atoms with Crippen LogP contribution in [0.1, 0.15) is 34.5 Å². The van der Waals surface area contributed by atoms with E-state index in [0.29, 0.717) is 10.6 Å². The monoisotopic (exact) mass is 351 g/mol. The van der Waals surface area contributed by atoms with E-state index in [1.165, 1.54) is 0 Å². The van der Waals surface area contributed by atoms with Gasteiger partial charge in [0.15, 0.2) is 0 Å². The van der Waals surface area contributed by atoms with Crippen LogP contribution in [0.25, 0.3) is 0 Å². The van der Waals surface area contributed by atoms with Gasteiger partial charge in [-0.05, 0) is 36.2 Å². The van der Waals surface area contributed by atoms with E-state index in [9.17, 15) is 4.79 Å². The number of benzene rings is 2. The molecule has 2 aromatic rings. The lowest BCUT2D eigenvalue weighted by Crippen LogP contribution is -2.26. The van der Waals surface area contributed by atoms with Crippen molar-refractivity contribution in [2.45, 2.75) is 18.3 Å². The summed E-state index contributed by atoms with van der Waals surface area (Å²) in [5.74, 6) is -0.0986. The first kappa shape index (κ1) is 15.1. The molecule has 0 bridgehead atoms. The smallest absolute Gasteiger partial charge is 0.251 e. The van der Waals surface area contributed by atoms with Crippen molar-refractivity contribution in [1.29, 1.82) is 0 Å². The largest absolute Gasteiger partial charge is 0.345 e. The number of carbonyl (C=O) groups is 1. The van der Waals surface area contributed by atoms with Gasteiger partial charge in [-0.25, -0.2) is 0 Å². The Labute approximate surface area is 132 Å². The first-order chi connectivity index (χ1) is 9.61. The number of carbonyl (C=O) groups excluding carboxylic acids is 1. The molecule has 1 N–H and O–H groups in total. The van der Waals surface area contributed by atoms with Crippen molar-refractivity contribution in [3.05, 3.63) is 70.2 Å². The Morgan fingerprint density at radius 1 is 1.20 bits per heavy atom. The van der Waals surface area contributed by atoms with Crippen LogP contribution in [0, 0.1) is 0 Å². The summed E-state index contributed by atoms with van der Waals surface area (Å²) >= 11 is 9.51. The molecule has 2 aromatic carbocycles. The molecular formula is C16H15BrClNO. The predicted octanol–water partition coefficient (Wildman–Crippen LogP) is 4.73. The molecule has 0 radical (unpaired) electrons. The zero-order chi connectivity index (χ0) is 14.5. The van der Waals surface area contributed by atoms with Gasteiger partial charge in [-0.15, -0.1) is 0 Å². The molecule has 0 aromatic heterocycles. The van der Waals surface area contributed by atoms with Crippen LogP contribution in [0.3, 0.4) is 0 Å². The topological polar surface area (TPSA) is 29.1 Å². The van der Waals surface area contributed by atoms with Crippen molar-refractivity contribution >= 4 is 33.4 Å². The quantitative estimate of drug-likeness (QED) is 0.792. The highest BCUT2D eigenvalue weighted by molar-refractivity contribution is 9.08. The second kappa shape index (κ2) is 6.91. The number of hydrogen-bond donors (Lipinski definition) is 1. The van der Waals surface area contributed by atoms with Gasteiger partial charge in [0.1, 0.15) is 0 Å². The van der Waals surface area contributed by atoms with E-state index >= 15 is 0 Å². The summed E-state index contributed by atoms with van der Waals surface area (Å²) in [6.07, 6.45) is 0. The maximum atomic E-state index is 12.2. The molecule has 0 saturated carbocycles. The van der Waals surface area contributed by atoms with Gasteiger partial charge in [0.05, 0.1) is 6.04 Å². The Morgan fingerprint density at radius 2 is 1.85 bits per heavy atom. The second-order valence-electron chi connectivity index (χ2n) is 4.55. The van der Waals surface area contributed by atoms with Gasteiger partial charge in [0.2, 0.25) is 0 Å². The Balaban J connectivity index is 2.09. The number of hydrogen-bond acceptors (Lipinski definition) is 1. The first-order valence-corrected chi connectivity index (χ1v) is 7.82. The van der Waals surface area contributed by atoms with Crippen molar-refractivity contribution in [2.24, 2.45) is 0 Å². The molecule has 4 heteroatoms. The molecule has 1 unspecified atom stereocenters. The van der Waals surface area contributed by atoms with Gasteiger partial charge < -0.3 is 5.32 Å². The molecule has 0 aliphatic heterocycles. The summed E-state index contributed by atoms with van der Waals surface area (Å²) in [7, 11) is 0. The summed E-state index contributed by atoms with van der Waals surface area (Å²) in [6, 6.07) is 14.9. The molecule has 0 spiro atoms. The van der Waals surface area contributed by atoms with Gasteiger partial charge >= 0.3 is 0 Å². The molecule has 1 amide bonds. The molecule has 0 saturated heterocycles. The van der Waals surface area contributed by atoms with E-state index in [0.717, 1.165) is 16.5 Å². The van der Waals surface area contributed by atoms with Crippen LogP contribution in [0.15, 0.2) is 48.5 Å².